The fourth-order valence-corrected chi connectivity index (χ4v) is 4.94. The summed E-state index contributed by atoms with van der Waals surface area (Å²) in [5.74, 6) is -1.92. The third-order valence-corrected chi connectivity index (χ3v) is 6.14. The van der Waals surface area contributed by atoms with Crippen LogP contribution in [-0.2, 0) is 19.1 Å². The minimum Gasteiger partial charge on any atom is -0.497 e. The molecule has 0 amide bonds. The summed E-state index contributed by atoms with van der Waals surface area (Å²) < 4.78 is 16.1. The van der Waals surface area contributed by atoms with E-state index in [2.05, 4.69) is 0 Å². The SMILES string of the molecule is CCC[C@H](C[N+](=O)[O-])[C@@]1(C(=O)OC)C(=O)C2=C(CCCO2)[C@H]1c1ccc(OC)cc1. The molecule has 1 aromatic rings. The standard InChI is InChI=1S/C22H27NO7/c1-4-6-15(13-23(26)27)22(21(25)29-3)18(14-8-10-16(28-2)11-9-14)17-7-5-12-30-19(17)20(22)24/h8-11,15,18H,4-7,12-13H2,1-3H3/t15-,18-,22+/m1/s1. The molecule has 3 rings (SSSR count). The zero-order chi connectivity index (χ0) is 21.9. The highest BCUT2D eigenvalue weighted by Crippen LogP contribution is 2.58. The Hall–Kier alpha value is -2.90. The molecule has 0 N–H and O–H groups in total. The molecule has 1 aromatic carbocycles. The van der Waals surface area contributed by atoms with Gasteiger partial charge in [0.25, 0.3) is 0 Å². The summed E-state index contributed by atoms with van der Waals surface area (Å²) in [4.78, 5) is 38.1. The topological polar surface area (TPSA) is 105 Å². The number of esters is 1. The molecule has 0 saturated carbocycles. The third-order valence-electron chi connectivity index (χ3n) is 6.14. The fraction of sp³-hybridized carbons (Fsp3) is 0.545. The summed E-state index contributed by atoms with van der Waals surface area (Å²) in [7, 11) is 2.77. The first-order valence-corrected chi connectivity index (χ1v) is 10.2. The first-order chi connectivity index (χ1) is 14.4. The van der Waals surface area contributed by atoms with E-state index in [0.717, 1.165) is 11.1 Å². The molecule has 1 heterocycles. The maximum absolute atomic E-state index is 13.7. The number of carbonyl (C=O) groups is 2. The van der Waals surface area contributed by atoms with E-state index < -0.39 is 40.5 Å². The Balaban J connectivity index is 2.26. The highest BCUT2D eigenvalue weighted by molar-refractivity contribution is 6.16. The van der Waals surface area contributed by atoms with Crippen molar-refractivity contribution in [1.29, 1.82) is 0 Å². The molecule has 3 atom stereocenters. The van der Waals surface area contributed by atoms with Crippen LogP contribution in [0.3, 0.4) is 0 Å². The van der Waals surface area contributed by atoms with Gasteiger partial charge in [-0.1, -0.05) is 25.5 Å². The van der Waals surface area contributed by atoms with Crippen molar-refractivity contribution in [2.24, 2.45) is 11.3 Å². The molecule has 0 saturated heterocycles. The molecule has 0 aromatic heterocycles. The van der Waals surface area contributed by atoms with Crippen LogP contribution in [0.25, 0.3) is 0 Å². The van der Waals surface area contributed by atoms with Crippen molar-refractivity contribution in [3.63, 3.8) is 0 Å². The van der Waals surface area contributed by atoms with Gasteiger partial charge in [0.15, 0.2) is 11.2 Å². The predicted octanol–water partition coefficient (Wildman–Crippen LogP) is 3.28. The number of nitrogens with zero attached hydrogens (tertiary/aromatic N) is 1. The van der Waals surface area contributed by atoms with Gasteiger partial charge >= 0.3 is 5.97 Å². The normalized spacial score (nSPS) is 24.1. The van der Waals surface area contributed by atoms with Gasteiger partial charge < -0.3 is 14.2 Å². The quantitative estimate of drug-likeness (QED) is 0.277. The number of Topliss-reactive ketones (excluding diaryl/α,β-unsaturated/α-hetero) is 1. The molecular weight excluding hydrogens is 390 g/mol. The summed E-state index contributed by atoms with van der Waals surface area (Å²) in [5, 5.41) is 11.5. The minimum absolute atomic E-state index is 0.178. The van der Waals surface area contributed by atoms with E-state index in [-0.39, 0.29) is 5.76 Å². The average Bonchev–Trinajstić information content (AvgIpc) is 3.02. The highest BCUT2D eigenvalue weighted by Gasteiger charge is 2.66. The lowest BCUT2D eigenvalue weighted by molar-refractivity contribution is -0.491. The second-order valence-electron chi connectivity index (χ2n) is 7.70. The number of ketones is 1. The molecule has 0 radical (unpaired) electrons. The number of ether oxygens (including phenoxy) is 3. The maximum Gasteiger partial charge on any atom is 0.321 e. The second kappa shape index (κ2) is 8.85. The maximum atomic E-state index is 13.7. The zero-order valence-electron chi connectivity index (χ0n) is 17.5. The van der Waals surface area contributed by atoms with Crippen LogP contribution in [-0.4, -0.2) is 44.0 Å². The summed E-state index contributed by atoms with van der Waals surface area (Å²) in [6, 6.07) is 7.11. The first kappa shape index (κ1) is 21.8. The molecule has 1 aliphatic heterocycles. The molecule has 1 aliphatic carbocycles. The number of methoxy groups -OCH3 is 2. The van der Waals surface area contributed by atoms with E-state index in [1.807, 2.05) is 6.92 Å². The number of hydrogen-bond acceptors (Lipinski definition) is 7. The molecule has 0 unspecified atom stereocenters. The van der Waals surface area contributed by atoms with Crippen molar-refractivity contribution in [3.05, 3.63) is 51.3 Å². The summed E-state index contributed by atoms with van der Waals surface area (Å²) in [6.45, 7) is 1.76. The monoisotopic (exact) mass is 417 g/mol. The molecule has 0 bridgehead atoms. The van der Waals surface area contributed by atoms with Gasteiger partial charge in [0.2, 0.25) is 12.3 Å². The fourth-order valence-electron chi connectivity index (χ4n) is 4.94. The number of hydrogen-bond donors (Lipinski definition) is 0. The van der Waals surface area contributed by atoms with E-state index in [1.54, 1.807) is 31.4 Å². The van der Waals surface area contributed by atoms with Crippen LogP contribution in [0, 0.1) is 21.4 Å². The summed E-state index contributed by atoms with van der Waals surface area (Å²) in [6.07, 6.45) is 2.23. The van der Waals surface area contributed by atoms with Crippen LogP contribution in [0.4, 0.5) is 0 Å². The lowest BCUT2D eigenvalue weighted by Crippen LogP contribution is -2.50. The van der Waals surface area contributed by atoms with Crippen molar-refractivity contribution in [2.45, 2.75) is 38.5 Å². The second-order valence-corrected chi connectivity index (χ2v) is 7.70. The van der Waals surface area contributed by atoms with E-state index in [9.17, 15) is 19.7 Å². The van der Waals surface area contributed by atoms with Crippen molar-refractivity contribution in [1.82, 2.24) is 0 Å². The Kier molecular flexibility index (Phi) is 6.43. The molecule has 8 heteroatoms. The Morgan fingerprint density at radius 2 is 2.03 bits per heavy atom. The highest BCUT2D eigenvalue weighted by atomic mass is 16.6. The van der Waals surface area contributed by atoms with Gasteiger partial charge in [-0.15, -0.1) is 0 Å². The van der Waals surface area contributed by atoms with Gasteiger partial charge in [-0.25, -0.2) is 0 Å². The predicted molar refractivity (Wildman–Crippen MR) is 108 cm³/mol. The summed E-state index contributed by atoms with van der Waals surface area (Å²) in [5.41, 5.74) is -0.276. The lowest BCUT2D eigenvalue weighted by Gasteiger charge is -2.37. The number of allylic oxidation sites excluding steroid dienone is 2. The van der Waals surface area contributed by atoms with Crippen molar-refractivity contribution in [2.75, 3.05) is 27.4 Å². The van der Waals surface area contributed by atoms with Crippen LogP contribution in [0.1, 0.15) is 44.1 Å². The number of benzene rings is 1. The average molecular weight is 417 g/mol. The van der Waals surface area contributed by atoms with Crippen LogP contribution in [0.5, 0.6) is 5.75 Å². The third kappa shape index (κ3) is 3.44. The molecule has 0 fully saturated rings. The number of carbonyl (C=O) groups excluding carboxylic acids is 2. The van der Waals surface area contributed by atoms with Gasteiger partial charge in [-0.3, -0.25) is 19.7 Å². The lowest BCUT2D eigenvalue weighted by atomic mass is 9.62. The Labute approximate surface area is 175 Å². The van der Waals surface area contributed by atoms with Gasteiger partial charge in [-0.05, 0) is 42.5 Å². The number of rotatable bonds is 8. The van der Waals surface area contributed by atoms with Gasteiger partial charge in [-0.2, -0.15) is 0 Å². The van der Waals surface area contributed by atoms with Crippen LogP contribution in [0.2, 0.25) is 0 Å². The zero-order valence-corrected chi connectivity index (χ0v) is 17.5. The van der Waals surface area contributed by atoms with Crippen molar-refractivity contribution < 1.29 is 28.7 Å². The van der Waals surface area contributed by atoms with Gasteiger partial charge in [0.1, 0.15) is 5.75 Å². The van der Waals surface area contributed by atoms with E-state index in [4.69, 9.17) is 14.2 Å². The largest absolute Gasteiger partial charge is 0.497 e. The summed E-state index contributed by atoms with van der Waals surface area (Å²) >= 11 is 0. The van der Waals surface area contributed by atoms with Gasteiger partial charge in [0.05, 0.1) is 20.8 Å². The molecule has 0 spiro atoms. The molecule has 162 valence electrons. The van der Waals surface area contributed by atoms with E-state index in [1.165, 1.54) is 7.11 Å². The minimum atomic E-state index is -1.72. The Bertz CT molecular complexity index is 861. The number of nitro groups is 1. The van der Waals surface area contributed by atoms with Gasteiger partial charge in [0, 0.05) is 16.8 Å². The first-order valence-electron chi connectivity index (χ1n) is 10.2. The molecule has 2 aliphatic rings. The van der Waals surface area contributed by atoms with Crippen LogP contribution in [0.15, 0.2) is 35.6 Å². The molecule has 30 heavy (non-hydrogen) atoms. The van der Waals surface area contributed by atoms with Crippen molar-refractivity contribution >= 4 is 11.8 Å². The Morgan fingerprint density at radius 1 is 1.33 bits per heavy atom. The van der Waals surface area contributed by atoms with E-state index in [0.29, 0.717) is 38.0 Å². The van der Waals surface area contributed by atoms with Crippen LogP contribution >= 0.6 is 0 Å². The Morgan fingerprint density at radius 3 is 2.60 bits per heavy atom. The molecule has 8 nitrogen and oxygen atoms in total. The van der Waals surface area contributed by atoms with Crippen LogP contribution < -0.4 is 4.74 Å². The van der Waals surface area contributed by atoms with Crippen molar-refractivity contribution in [3.8, 4) is 5.75 Å². The smallest absolute Gasteiger partial charge is 0.321 e. The molecular formula is C22H27NO7. The van der Waals surface area contributed by atoms with E-state index >= 15 is 0 Å².